The molecule has 0 amide bonds. The highest BCUT2D eigenvalue weighted by atomic mass is 32.2. The topological polar surface area (TPSA) is 122 Å². The van der Waals surface area contributed by atoms with Crippen LogP contribution in [0.15, 0.2) is 35.1 Å². The Morgan fingerprint density at radius 3 is 2.57 bits per heavy atom. The van der Waals surface area contributed by atoms with Crippen LogP contribution in [-0.4, -0.2) is 36.2 Å². The molecule has 0 aliphatic heterocycles. The average molecular weight is 311 g/mol. The van der Waals surface area contributed by atoms with Crippen molar-refractivity contribution in [2.24, 2.45) is 0 Å². The standard InChI is InChI=1S/C12H13N3O5S/c16-12(17)10-3-1-9(2-4-10)7-21(18,19)15-6-5-11-13-8-14-20-11/h1-4,8,15H,5-7H2,(H,16,17). The lowest BCUT2D eigenvalue weighted by atomic mass is 10.1. The van der Waals surface area contributed by atoms with Crippen molar-refractivity contribution in [3.05, 3.63) is 47.6 Å². The smallest absolute Gasteiger partial charge is 0.335 e. The van der Waals surface area contributed by atoms with E-state index in [4.69, 9.17) is 9.63 Å². The number of carboxylic acid groups (broad SMARTS) is 1. The zero-order valence-corrected chi connectivity index (χ0v) is 11.7. The number of nitrogens with one attached hydrogen (secondary N) is 1. The molecule has 1 aromatic carbocycles. The van der Waals surface area contributed by atoms with E-state index in [0.29, 0.717) is 17.9 Å². The summed E-state index contributed by atoms with van der Waals surface area (Å²) < 4.78 is 30.9. The summed E-state index contributed by atoms with van der Waals surface area (Å²) in [5.41, 5.74) is 0.616. The second kappa shape index (κ2) is 6.46. The summed E-state index contributed by atoms with van der Waals surface area (Å²) >= 11 is 0. The zero-order chi connectivity index (χ0) is 15.3. The zero-order valence-electron chi connectivity index (χ0n) is 10.9. The number of aromatic carboxylic acids is 1. The van der Waals surface area contributed by atoms with E-state index in [1.807, 2.05) is 0 Å². The van der Waals surface area contributed by atoms with Crippen molar-refractivity contribution in [2.75, 3.05) is 6.54 Å². The molecule has 8 nitrogen and oxygen atoms in total. The molecule has 0 unspecified atom stereocenters. The maximum atomic E-state index is 11.9. The van der Waals surface area contributed by atoms with Crippen LogP contribution < -0.4 is 4.72 Å². The SMILES string of the molecule is O=C(O)c1ccc(CS(=O)(=O)NCCc2ncno2)cc1. The lowest BCUT2D eigenvalue weighted by molar-refractivity contribution is 0.0697. The molecular formula is C12H13N3O5S. The number of carbonyl (C=O) groups is 1. The molecule has 0 spiro atoms. The van der Waals surface area contributed by atoms with Crippen molar-refractivity contribution in [2.45, 2.75) is 12.2 Å². The van der Waals surface area contributed by atoms with E-state index in [1.165, 1.54) is 30.6 Å². The first-order valence-electron chi connectivity index (χ1n) is 6.01. The quantitative estimate of drug-likeness (QED) is 0.760. The number of hydrogen-bond acceptors (Lipinski definition) is 6. The summed E-state index contributed by atoms with van der Waals surface area (Å²) in [5.74, 6) is -0.929. The van der Waals surface area contributed by atoms with Crippen LogP contribution in [0.4, 0.5) is 0 Å². The van der Waals surface area contributed by atoms with Crippen LogP contribution in [0.1, 0.15) is 21.8 Å². The molecule has 112 valence electrons. The summed E-state index contributed by atoms with van der Waals surface area (Å²) in [6.07, 6.45) is 1.55. The van der Waals surface area contributed by atoms with Gasteiger partial charge in [0.05, 0.1) is 11.3 Å². The number of hydrogen-bond donors (Lipinski definition) is 2. The van der Waals surface area contributed by atoms with Gasteiger partial charge in [-0.3, -0.25) is 0 Å². The highest BCUT2D eigenvalue weighted by Gasteiger charge is 2.12. The lowest BCUT2D eigenvalue weighted by Crippen LogP contribution is -2.27. The molecule has 2 N–H and O–H groups in total. The van der Waals surface area contributed by atoms with Crippen LogP contribution in [0.3, 0.4) is 0 Å². The van der Waals surface area contributed by atoms with E-state index in [0.717, 1.165) is 0 Å². The molecule has 9 heteroatoms. The second-order valence-electron chi connectivity index (χ2n) is 4.24. The molecule has 0 fully saturated rings. The Balaban J connectivity index is 1.89. The van der Waals surface area contributed by atoms with Gasteiger partial charge >= 0.3 is 5.97 Å². The number of rotatable bonds is 7. The van der Waals surface area contributed by atoms with Gasteiger partial charge in [-0.25, -0.2) is 17.9 Å². The molecule has 0 radical (unpaired) electrons. The predicted molar refractivity (Wildman–Crippen MR) is 72.0 cm³/mol. The van der Waals surface area contributed by atoms with E-state index in [1.54, 1.807) is 0 Å². The van der Waals surface area contributed by atoms with Crippen LogP contribution in [0.5, 0.6) is 0 Å². The summed E-state index contributed by atoms with van der Waals surface area (Å²) in [6, 6.07) is 5.68. The largest absolute Gasteiger partial charge is 0.478 e. The van der Waals surface area contributed by atoms with Gasteiger partial charge in [-0.15, -0.1) is 0 Å². The van der Waals surface area contributed by atoms with Gasteiger partial charge in [0.2, 0.25) is 15.9 Å². The Morgan fingerprint density at radius 1 is 1.29 bits per heavy atom. The highest BCUT2D eigenvalue weighted by molar-refractivity contribution is 7.88. The Labute approximate surface area is 120 Å². The van der Waals surface area contributed by atoms with Crippen LogP contribution in [-0.2, 0) is 22.2 Å². The van der Waals surface area contributed by atoms with Gasteiger partial charge in [-0.05, 0) is 17.7 Å². The summed E-state index contributed by atoms with van der Waals surface area (Å²) in [5, 5.41) is 12.2. The van der Waals surface area contributed by atoms with Gasteiger partial charge < -0.3 is 9.63 Å². The van der Waals surface area contributed by atoms with E-state index in [-0.39, 0.29) is 17.9 Å². The fourth-order valence-electron chi connectivity index (χ4n) is 1.63. The lowest BCUT2D eigenvalue weighted by Gasteiger charge is -2.06. The third kappa shape index (κ3) is 4.65. The van der Waals surface area contributed by atoms with E-state index >= 15 is 0 Å². The molecule has 1 heterocycles. The maximum Gasteiger partial charge on any atom is 0.335 e. The maximum absolute atomic E-state index is 11.9. The minimum absolute atomic E-state index is 0.112. The number of nitrogens with zero attached hydrogens (tertiary/aromatic N) is 2. The van der Waals surface area contributed by atoms with Crippen LogP contribution in [0, 0.1) is 0 Å². The fraction of sp³-hybridized carbons (Fsp3) is 0.250. The van der Waals surface area contributed by atoms with Crippen molar-refractivity contribution in [3.63, 3.8) is 0 Å². The van der Waals surface area contributed by atoms with Gasteiger partial charge in [0.1, 0.15) is 0 Å². The fourth-order valence-corrected chi connectivity index (χ4v) is 2.78. The minimum atomic E-state index is -3.51. The first-order chi connectivity index (χ1) is 9.96. The molecule has 21 heavy (non-hydrogen) atoms. The predicted octanol–water partition coefficient (Wildman–Crippen LogP) is 0.430. The molecule has 0 aliphatic rings. The van der Waals surface area contributed by atoms with Crippen molar-refractivity contribution >= 4 is 16.0 Å². The summed E-state index contributed by atoms with van der Waals surface area (Å²) in [7, 11) is -3.51. The van der Waals surface area contributed by atoms with Gasteiger partial charge in [-0.1, -0.05) is 17.3 Å². The van der Waals surface area contributed by atoms with Crippen molar-refractivity contribution < 1.29 is 22.8 Å². The van der Waals surface area contributed by atoms with Gasteiger partial charge in [0.25, 0.3) is 0 Å². The number of benzene rings is 1. The first-order valence-corrected chi connectivity index (χ1v) is 7.66. The second-order valence-corrected chi connectivity index (χ2v) is 6.05. The Morgan fingerprint density at radius 2 is 2.00 bits per heavy atom. The summed E-state index contributed by atoms with van der Waals surface area (Å²) in [4.78, 5) is 14.5. The van der Waals surface area contributed by atoms with Gasteiger partial charge in [0, 0.05) is 13.0 Å². The molecule has 1 aromatic heterocycles. The minimum Gasteiger partial charge on any atom is -0.478 e. The normalized spacial score (nSPS) is 11.4. The molecule has 2 rings (SSSR count). The molecule has 0 bridgehead atoms. The Kier molecular flexibility index (Phi) is 4.66. The highest BCUT2D eigenvalue weighted by Crippen LogP contribution is 2.08. The Bertz CT molecular complexity index is 695. The van der Waals surface area contributed by atoms with Crippen molar-refractivity contribution in [3.8, 4) is 0 Å². The molecule has 0 saturated carbocycles. The first kappa shape index (κ1) is 15.1. The number of sulfonamides is 1. The Hall–Kier alpha value is -2.26. The average Bonchev–Trinajstić information content (AvgIpc) is 2.91. The molecule has 0 aliphatic carbocycles. The van der Waals surface area contributed by atoms with Gasteiger partial charge in [0.15, 0.2) is 6.33 Å². The van der Waals surface area contributed by atoms with Crippen LogP contribution in [0.25, 0.3) is 0 Å². The van der Waals surface area contributed by atoms with E-state index < -0.39 is 16.0 Å². The third-order valence-corrected chi connectivity index (χ3v) is 3.98. The van der Waals surface area contributed by atoms with Crippen molar-refractivity contribution in [1.29, 1.82) is 0 Å². The van der Waals surface area contributed by atoms with Crippen LogP contribution >= 0.6 is 0 Å². The molecule has 2 aromatic rings. The van der Waals surface area contributed by atoms with Crippen molar-refractivity contribution in [1.82, 2.24) is 14.9 Å². The molecule has 0 atom stereocenters. The molecular weight excluding hydrogens is 298 g/mol. The number of aromatic nitrogens is 2. The van der Waals surface area contributed by atoms with E-state index in [9.17, 15) is 13.2 Å². The van der Waals surface area contributed by atoms with Crippen LogP contribution in [0.2, 0.25) is 0 Å². The van der Waals surface area contributed by atoms with Gasteiger partial charge in [-0.2, -0.15) is 4.98 Å². The summed E-state index contributed by atoms with van der Waals surface area (Å²) in [6.45, 7) is 0.151. The molecule has 0 saturated heterocycles. The van der Waals surface area contributed by atoms with E-state index in [2.05, 4.69) is 14.9 Å². The third-order valence-electron chi connectivity index (χ3n) is 2.63. The monoisotopic (exact) mass is 311 g/mol. The number of carboxylic acids is 1.